The van der Waals surface area contributed by atoms with Crippen LogP contribution in [0.3, 0.4) is 0 Å². The van der Waals surface area contributed by atoms with Crippen molar-refractivity contribution in [3.63, 3.8) is 0 Å². The van der Waals surface area contributed by atoms with Gasteiger partial charge < -0.3 is 0 Å². The molecule has 0 bridgehead atoms. The molecular weight excluding hydrogens is 244 g/mol. The number of halogens is 1. The summed E-state index contributed by atoms with van der Waals surface area (Å²) in [6.45, 7) is 0. The van der Waals surface area contributed by atoms with Crippen LogP contribution in [-0.4, -0.2) is 5.78 Å². The second kappa shape index (κ2) is 6.18. The third-order valence-corrected chi connectivity index (χ3v) is 2.80. The molecule has 0 aromatic heterocycles. The lowest BCUT2D eigenvalue weighted by molar-refractivity contribution is -0.113. The van der Waals surface area contributed by atoms with Gasteiger partial charge in [0.1, 0.15) is 0 Å². The summed E-state index contributed by atoms with van der Waals surface area (Å²) in [6.07, 6.45) is 3.85. The van der Waals surface area contributed by atoms with Gasteiger partial charge in [-0.25, -0.2) is 0 Å². The molecule has 0 unspecified atom stereocenters. The van der Waals surface area contributed by atoms with E-state index in [9.17, 15) is 4.79 Å². The number of carbonyl (C=O) groups is 1. The van der Waals surface area contributed by atoms with Crippen molar-refractivity contribution in [1.82, 2.24) is 0 Å². The van der Waals surface area contributed by atoms with Crippen molar-refractivity contribution in [2.75, 3.05) is 0 Å². The maximum atomic E-state index is 11.7. The van der Waals surface area contributed by atoms with Crippen molar-refractivity contribution in [3.8, 4) is 0 Å². The number of ketones is 1. The first-order chi connectivity index (χ1) is 8.74. The summed E-state index contributed by atoms with van der Waals surface area (Å²) < 4.78 is 0. The van der Waals surface area contributed by atoms with E-state index in [1.165, 1.54) is 0 Å². The predicted molar refractivity (Wildman–Crippen MR) is 75.6 cm³/mol. The number of hydrogen-bond donors (Lipinski definition) is 0. The lowest BCUT2D eigenvalue weighted by atomic mass is 10.1. The zero-order valence-corrected chi connectivity index (χ0v) is 10.6. The van der Waals surface area contributed by atoms with Crippen molar-refractivity contribution in [1.29, 1.82) is 0 Å². The van der Waals surface area contributed by atoms with E-state index in [1.807, 2.05) is 60.7 Å². The molecule has 18 heavy (non-hydrogen) atoms. The molecule has 2 aromatic rings. The van der Waals surface area contributed by atoms with E-state index in [-0.39, 0.29) is 5.78 Å². The van der Waals surface area contributed by atoms with E-state index in [0.717, 1.165) is 11.1 Å². The zero-order valence-electron chi connectivity index (χ0n) is 9.84. The molecule has 2 aromatic carbocycles. The fourth-order valence-corrected chi connectivity index (χ4v) is 1.75. The summed E-state index contributed by atoms with van der Waals surface area (Å²) in [6, 6.07) is 17.1. The highest BCUT2D eigenvalue weighted by Gasteiger charge is 1.98. The second-order valence-electron chi connectivity index (χ2n) is 4.01. The number of rotatable bonds is 4. The van der Waals surface area contributed by atoms with E-state index < -0.39 is 0 Å². The Morgan fingerprint density at radius 2 is 1.67 bits per heavy atom. The summed E-state index contributed by atoms with van der Waals surface area (Å²) >= 11 is 5.79. The normalized spacial score (nSPS) is 10.7. The first-order valence-electron chi connectivity index (χ1n) is 5.74. The average Bonchev–Trinajstić information content (AvgIpc) is 2.39. The lowest BCUT2D eigenvalue weighted by Gasteiger charge is -1.97. The van der Waals surface area contributed by atoms with Crippen molar-refractivity contribution < 1.29 is 4.79 Å². The zero-order chi connectivity index (χ0) is 12.8. The third kappa shape index (κ3) is 3.86. The first kappa shape index (κ1) is 12.6. The molecule has 90 valence electrons. The van der Waals surface area contributed by atoms with E-state index in [1.54, 1.807) is 6.08 Å². The van der Waals surface area contributed by atoms with Gasteiger partial charge in [0, 0.05) is 11.4 Å². The Hall–Kier alpha value is -1.86. The summed E-state index contributed by atoms with van der Waals surface area (Å²) in [5, 5.41) is 0.697. The van der Waals surface area contributed by atoms with Gasteiger partial charge in [-0.1, -0.05) is 60.1 Å². The van der Waals surface area contributed by atoms with Crippen LogP contribution in [0.25, 0.3) is 6.08 Å². The molecule has 0 heterocycles. The number of hydrogen-bond acceptors (Lipinski definition) is 1. The predicted octanol–water partition coefficient (Wildman–Crippen LogP) is 4.17. The van der Waals surface area contributed by atoms with Crippen molar-refractivity contribution in [3.05, 3.63) is 76.8 Å². The van der Waals surface area contributed by atoms with E-state index in [2.05, 4.69) is 0 Å². The van der Waals surface area contributed by atoms with Crippen LogP contribution in [0.15, 0.2) is 60.7 Å². The van der Waals surface area contributed by atoms with Gasteiger partial charge in [0.15, 0.2) is 5.78 Å². The van der Waals surface area contributed by atoms with E-state index >= 15 is 0 Å². The lowest BCUT2D eigenvalue weighted by Crippen LogP contribution is -1.97. The quantitative estimate of drug-likeness (QED) is 0.751. The standard InChI is InChI=1S/C16H13ClO/c17-15-9-6-13(7-10-15)8-11-16(18)12-14-4-2-1-3-5-14/h1-11H,12H2/b11-8+. The second-order valence-corrected chi connectivity index (χ2v) is 4.45. The van der Waals surface area contributed by atoms with Crippen LogP contribution in [-0.2, 0) is 11.2 Å². The summed E-state index contributed by atoms with van der Waals surface area (Å²) in [5.41, 5.74) is 2.00. The van der Waals surface area contributed by atoms with Crippen molar-refractivity contribution in [2.45, 2.75) is 6.42 Å². The molecule has 2 rings (SSSR count). The van der Waals surface area contributed by atoms with Crippen LogP contribution in [0, 0.1) is 0 Å². The number of benzene rings is 2. The minimum Gasteiger partial charge on any atom is -0.294 e. The molecule has 0 aliphatic carbocycles. The maximum Gasteiger partial charge on any atom is 0.160 e. The molecule has 0 aliphatic rings. The topological polar surface area (TPSA) is 17.1 Å². The van der Waals surface area contributed by atoms with Gasteiger partial charge >= 0.3 is 0 Å². The van der Waals surface area contributed by atoms with Crippen LogP contribution in [0.5, 0.6) is 0 Å². The Balaban J connectivity index is 1.97. The molecule has 0 aliphatic heterocycles. The minimum atomic E-state index is 0.0937. The minimum absolute atomic E-state index is 0.0937. The van der Waals surface area contributed by atoms with Gasteiger partial charge in [-0.05, 0) is 29.3 Å². The SMILES string of the molecule is O=C(/C=C/c1ccc(Cl)cc1)Cc1ccccc1. The average molecular weight is 257 g/mol. The molecule has 0 amide bonds. The van der Waals surface area contributed by atoms with Gasteiger partial charge in [-0.2, -0.15) is 0 Å². The Morgan fingerprint density at radius 3 is 2.33 bits per heavy atom. The van der Waals surface area contributed by atoms with Crippen molar-refractivity contribution >= 4 is 23.5 Å². The highest BCUT2D eigenvalue weighted by molar-refractivity contribution is 6.30. The van der Waals surface area contributed by atoms with Crippen molar-refractivity contribution in [2.24, 2.45) is 0 Å². The highest BCUT2D eigenvalue weighted by Crippen LogP contribution is 2.11. The van der Waals surface area contributed by atoms with Gasteiger partial charge in [0.05, 0.1) is 0 Å². The van der Waals surface area contributed by atoms with Gasteiger partial charge in [-0.15, -0.1) is 0 Å². The fourth-order valence-electron chi connectivity index (χ4n) is 1.62. The molecule has 0 spiro atoms. The molecule has 0 saturated carbocycles. The highest BCUT2D eigenvalue weighted by atomic mass is 35.5. The molecule has 1 nitrogen and oxygen atoms in total. The summed E-state index contributed by atoms with van der Waals surface area (Å²) in [5.74, 6) is 0.0937. The fraction of sp³-hybridized carbons (Fsp3) is 0.0625. The monoisotopic (exact) mass is 256 g/mol. The van der Waals surface area contributed by atoms with Crippen LogP contribution in [0.1, 0.15) is 11.1 Å². The van der Waals surface area contributed by atoms with Gasteiger partial charge in [0.25, 0.3) is 0 Å². The summed E-state index contributed by atoms with van der Waals surface area (Å²) in [7, 11) is 0. The molecular formula is C16H13ClO. The van der Waals surface area contributed by atoms with E-state index in [4.69, 9.17) is 11.6 Å². The maximum absolute atomic E-state index is 11.7. The smallest absolute Gasteiger partial charge is 0.160 e. The Morgan fingerprint density at radius 1 is 1.00 bits per heavy atom. The van der Waals surface area contributed by atoms with Crippen LogP contribution >= 0.6 is 11.6 Å². The Kier molecular flexibility index (Phi) is 4.32. The Labute approximate surface area is 112 Å². The van der Waals surface area contributed by atoms with Gasteiger partial charge in [0.2, 0.25) is 0 Å². The van der Waals surface area contributed by atoms with Crippen LogP contribution in [0.2, 0.25) is 5.02 Å². The molecule has 2 heteroatoms. The molecule has 0 saturated heterocycles. The molecule has 0 fully saturated rings. The largest absolute Gasteiger partial charge is 0.294 e. The summed E-state index contributed by atoms with van der Waals surface area (Å²) in [4.78, 5) is 11.7. The van der Waals surface area contributed by atoms with Gasteiger partial charge in [-0.3, -0.25) is 4.79 Å². The molecule has 0 radical (unpaired) electrons. The van der Waals surface area contributed by atoms with Crippen LogP contribution < -0.4 is 0 Å². The third-order valence-electron chi connectivity index (χ3n) is 2.55. The number of allylic oxidation sites excluding steroid dienone is 1. The van der Waals surface area contributed by atoms with E-state index in [0.29, 0.717) is 11.4 Å². The first-order valence-corrected chi connectivity index (χ1v) is 6.12. The molecule has 0 atom stereocenters. The van der Waals surface area contributed by atoms with Crippen LogP contribution in [0.4, 0.5) is 0 Å². The molecule has 0 N–H and O–H groups in total. The Bertz CT molecular complexity index is 541. The number of carbonyl (C=O) groups excluding carboxylic acids is 1.